The Labute approximate surface area is 90.3 Å². The maximum absolute atomic E-state index is 11.4. The fourth-order valence-electron chi connectivity index (χ4n) is 1.44. The Kier molecular flexibility index (Phi) is 3.93. The molecule has 0 aromatic carbocycles. The van der Waals surface area contributed by atoms with Gasteiger partial charge in [-0.05, 0) is 27.2 Å². The van der Waals surface area contributed by atoms with Gasteiger partial charge in [-0.3, -0.25) is 0 Å². The fourth-order valence-corrected chi connectivity index (χ4v) is 1.44. The van der Waals surface area contributed by atoms with Crippen LogP contribution >= 0.6 is 0 Å². The first-order valence-electron chi connectivity index (χ1n) is 5.19. The van der Waals surface area contributed by atoms with E-state index in [0.29, 0.717) is 13.2 Å². The number of carbonyl (C=O) groups is 1. The van der Waals surface area contributed by atoms with Crippen molar-refractivity contribution in [2.45, 2.75) is 44.9 Å². The maximum atomic E-state index is 11.4. The second kappa shape index (κ2) is 4.81. The van der Waals surface area contributed by atoms with Crippen LogP contribution in [0.15, 0.2) is 0 Å². The summed E-state index contributed by atoms with van der Waals surface area (Å²) in [4.78, 5) is 11.4. The third kappa shape index (κ3) is 4.99. The summed E-state index contributed by atoms with van der Waals surface area (Å²) in [7, 11) is 0. The van der Waals surface area contributed by atoms with Crippen molar-refractivity contribution < 1.29 is 14.3 Å². The molecule has 0 unspecified atom stereocenters. The van der Waals surface area contributed by atoms with Crippen LogP contribution in [0.4, 0.5) is 4.79 Å². The van der Waals surface area contributed by atoms with Crippen LogP contribution in [0.2, 0.25) is 0 Å². The Balaban J connectivity index is 2.31. The minimum Gasteiger partial charge on any atom is -0.444 e. The average molecular weight is 216 g/mol. The van der Waals surface area contributed by atoms with E-state index < -0.39 is 11.7 Å². The van der Waals surface area contributed by atoms with Crippen molar-refractivity contribution in [3.8, 4) is 0 Å². The van der Waals surface area contributed by atoms with Crippen LogP contribution in [0.25, 0.3) is 0 Å². The molecule has 0 aromatic rings. The molecule has 0 radical (unpaired) electrons. The lowest BCUT2D eigenvalue weighted by atomic mass is 10.1. The Morgan fingerprint density at radius 3 is 2.67 bits per heavy atom. The molecule has 5 nitrogen and oxygen atoms in total. The van der Waals surface area contributed by atoms with Gasteiger partial charge in [-0.15, -0.1) is 0 Å². The Hall–Kier alpha value is -0.810. The van der Waals surface area contributed by atoms with Crippen LogP contribution in [0.1, 0.15) is 27.2 Å². The van der Waals surface area contributed by atoms with E-state index in [-0.39, 0.29) is 12.1 Å². The predicted octanol–water partition coefficient (Wildman–Crippen LogP) is 0.627. The number of carbonyl (C=O) groups excluding carboxylic acids is 1. The summed E-state index contributed by atoms with van der Waals surface area (Å²) in [6.07, 6.45) is 0.324. The highest BCUT2D eigenvalue weighted by atomic mass is 16.6. The molecule has 1 saturated heterocycles. The molecule has 1 aliphatic heterocycles. The van der Waals surface area contributed by atoms with Gasteiger partial charge in [-0.2, -0.15) is 0 Å². The molecule has 5 heteroatoms. The van der Waals surface area contributed by atoms with E-state index in [1.54, 1.807) is 0 Å². The fraction of sp³-hybridized carbons (Fsp3) is 0.900. The van der Waals surface area contributed by atoms with Crippen LogP contribution in [0, 0.1) is 0 Å². The SMILES string of the molecule is CC(C)(C)OC(=O)N[C@H]1COC[C@H](N)C1. The van der Waals surface area contributed by atoms with Crippen molar-refractivity contribution in [3.05, 3.63) is 0 Å². The van der Waals surface area contributed by atoms with E-state index in [4.69, 9.17) is 15.2 Å². The van der Waals surface area contributed by atoms with E-state index in [1.165, 1.54) is 0 Å². The second-order valence-electron chi connectivity index (χ2n) is 4.88. The third-order valence-corrected chi connectivity index (χ3v) is 1.96. The zero-order chi connectivity index (χ0) is 11.5. The van der Waals surface area contributed by atoms with Crippen molar-refractivity contribution in [1.82, 2.24) is 5.32 Å². The molecule has 1 heterocycles. The minimum absolute atomic E-state index is 0.00122. The zero-order valence-corrected chi connectivity index (χ0v) is 9.58. The summed E-state index contributed by atoms with van der Waals surface area (Å²) < 4.78 is 10.4. The first kappa shape index (κ1) is 12.3. The average Bonchev–Trinajstić information content (AvgIpc) is 1.99. The van der Waals surface area contributed by atoms with Crippen molar-refractivity contribution in [2.24, 2.45) is 5.73 Å². The van der Waals surface area contributed by atoms with Gasteiger partial charge in [0.2, 0.25) is 0 Å². The van der Waals surface area contributed by atoms with Gasteiger partial charge in [0.25, 0.3) is 0 Å². The Morgan fingerprint density at radius 2 is 2.13 bits per heavy atom. The van der Waals surface area contributed by atoms with E-state index in [9.17, 15) is 4.79 Å². The van der Waals surface area contributed by atoms with Crippen LogP contribution in [-0.4, -0.2) is 37.0 Å². The largest absolute Gasteiger partial charge is 0.444 e. The highest BCUT2D eigenvalue weighted by Crippen LogP contribution is 2.09. The molecule has 0 saturated carbocycles. The standard InChI is InChI=1S/C10H20N2O3/c1-10(2,3)15-9(13)12-8-4-7(11)5-14-6-8/h7-8H,4-6,11H2,1-3H3,(H,12,13)/t7-,8-/m1/s1. The zero-order valence-electron chi connectivity index (χ0n) is 9.58. The molecule has 3 N–H and O–H groups in total. The third-order valence-electron chi connectivity index (χ3n) is 1.96. The van der Waals surface area contributed by atoms with Crippen molar-refractivity contribution >= 4 is 6.09 Å². The Morgan fingerprint density at radius 1 is 1.47 bits per heavy atom. The molecule has 2 atom stereocenters. The highest BCUT2D eigenvalue weighted by Gasteiger charge is 2.24. The molecule has 0 aliphatic carbocycles. The monoisotopic (exact) mass is 216 g/mol. The van der Waals surface area contributed by atoms with Gasteiger partial charge in [0, 0.05) is 6.04 Å². The Bertz CT molecular complexity index is 225. The van der Waals surface area contributed by atoms with Gasteiger partial charge in [-0.1, -0.05) is 0 Å². The van der Waals surface area contributed by atoms with Crippen molar-refractivity contribution in [1.29, 1.82) is 0 Å². The van der Waals surface area contributed by atoms with Gasteiger partial charge in [0.05, 0.1) is 19.3 Å². The van der Waals surface area contributed by atoms with Gasteiger partial charge < -0.3 is 20.5 Å². The smallest absolute Gasteiger partial charge is 0.407 e. The summed E-state index contributed by atoms with van der Waals surface area (Å²) in [6, 6.07) is -0.0395. The topological polar surface area (TPSA) is 73.6 Å². The van der Waals surface area contributed by atoms with Gasteiger partial charge in [-0.25, -0.2) is 4.79 Å². The first-order valence-corrected chi connectivity index (χ1v) is 5.19. The van der Waals surface area contributed by atoms with E-state index >= 15 is 0 Å². The maximum Gasteiger partial charge on any atom is 0.407 e. The van der Waals surface area contributed by atoms with Crippen LogP contribution in [0.3, 0.4) is 0 Å². The number of rotatable bonds is 1. The molecule has 1 fully saturated rings. The molecular weight excluding hydrogens is 196 g/mol. The van der Waals surface area contributed by atoms with Crippen LogP contribution < -0.4 is 11.1 Å². The molecule has 1 aliphatic rings. The number of hydrogen-bond acceptors (Lipinski definition) is 4. The summed E-state index contributed by atoms with van der Waals surface area (Å²) in [6.45, 7) is 6.56. The van der Waals surface area contributed by atoms with E-state index in [0.717, 1.165) is 6.42 Å². The first-order chi connectivity index (χ1) is 6.87. The number of amides is 1. The summed E-state index contributed by atoms with van der Waals surface area (Å²) in [5.74, 6) is 0. The van der Waals surface area contributed by atoms with Crippen molar-refractivity contribution in [3.63, 3.8) is 0 Å². The molecular formula is C10H20N2O3. The van der Waals surface area contributed by atoms with Gasteiger partial charge >= 0.3 is 6.09 Å². The number of nitrogens with one attached hydrogen (secondary N) is 1. The number of nitrogens with two attached hydrogens (primary N) is 1. The molecule has 1 rings (SSSR count). The van der Waals surface area contributed by atoms with E-state index in [2.05, 4.69) is 5.32 Å². The van der Waals surface area contributed by atoms with Gasteiger partial charge in [0.1, 0.15) is 5.60 Å². The quantitative estimate of drug-likeness (QED) is 0.674. The lowest BCUT2D eigenvalue weighted by Gasteiger charge is -2.28. The number of hydrogen-bond donors (Lipinski definition) is 2. The predicted molar refractivity (Wildman–Crippen MR) is 56.6 cm³/mol. The number of alkyl carbamates (subject to hydrolysis) is 1. The molecule has 0 aromatic heterocycles. The lowest BCUT2D eigenvalue weighted by Crippen LogP contribution is -2.48. The van der Waals surface area contributed by atoms with Crippen LogP contribution in [-0.2, 0) is 9.47 Å². The molecule has 0 bridgehead atoms. The lowest BCUT2D eigenvalue weighted by molar-refractivity contribution is 0.0301. The highest BCUT2D eigenvalue weighted by molar-refractivity contribution is 5.68. The second-order valence-corrected chi connectivity index (χ2v) is 4.88. The van der Waals surface area contributed by atoms with Crippen molar-refractivity contribution in [2.75, 3.05) is 13.2 Å². The molecule has 0 spiro atoms. The van der Waals surface area contributed by atoms with E-state index in [1.807, 2.05) is 20.8 Å². The molecule has 15 heavy (non-hydrogen) atoms. The summed E-state index contributed by atoms with van der Waals surface area (Å²) in [5.41, 5.74) is 5.24. The molecule has 1 amide bonds. The normalized spacial score (nSPS) is 27.2. The van der Waals surface area contributed by atoms with Gasteiger partial charge in [0.15, 0.2) is 0 Å². The summed E-state index contributed by atoms with van der Waals surface area (Å²) in [5, 5.41) is 2.74. The van der Waals surface area contributed by atoms with Crippen LogP contribution in [0.5, 0.6) is 0 Å². The number of ether oxygens (including phenoxy) is 2. The summed E-state index contributed by atoms with van der Waals surface area (Å²) >= 11 is 0. The minimum atomic E-state index is -0.471. The molecule has 88 valence electrons.